The third-order valence-electron chi connectivity index (χ3n) is 1.66. The smallest absolute Gasteiger partial charge is 0.152 e. The maximum absolute atomic E-state index is 13.0. The Hall–Kier alpha value is -1.42. The number of methoxy groups -OCH3 is 1. The average molecular weight is 198 g/mol. The van der Waals surface area contributed by atoms with Gasteiger partial charge in [-0.05, 0) is 12.1 Å². The zero-order valence-electron chi connectivity index (χ0n) is 7.83. The molecule has 0 N–H and O–H groups in total. The second kappa shape index (κ2) is 5.34. The molecule has 0 fully saturated rings. The molecular formula is C10H11FO3. The normalized spacial score (nSPS) is 9.86. The highest BCUT2D eigenvalue weighted by atomic mass is 19.1. The summed E-state index contributed by atoms with van der Waals surface area (Å²) in [6.07, 6.45) is 0.467. The standard InChI is InChI=1S/C10H11FO3/c1-13-4-5-14-9-3-2-8(7-12)10(11)6-9/h2-3,6-7H,4-5H2,1H3. The van der Waals surface area contributed by atoms with Crippen LogP contribution >= 0.6 is 0 Å². The fraction of sp³-hybridized carbons (Fsp3) is 0.300. The van der Waals surface area contributed by atoms with Crippen LogP contribution in [0.5, 0.6) is 5.75 Å². The Morgan fingerprint density at radius 1 is 1.43 bits per heavy atom. The molecule has 0 aliphatic heterocycles. The minimum atomic E-state index is -0.574. The highest BCUT2D eigenvalue weighted by molar-refractivity contribution is 5.75. The second-order valence-electron chi connectivity index (χ2n) is 2.64. The Morgan fingerprint density at radius 3 is 2.79 bits per heavy atom. The molecule has 0 atom stereocenters. The summed E-state index contributed by atoms with van der Waals surface area (Å²) in [5.41, 5.74) is 0.0316. The highest BCUT2D eigenvalue weighted by Crippen LogP contribution is 2.15. The van der Waals surface area contributed by atoms with E-state index >= 15 is 0 Å². The van der Waals surface area contributed by atoms with Gasteiger partial charge in [0, 0.05) is 13.2 Å². The Labute approximate surface area is 81.4 Å². The first-order valence-corrected chi connectivity index (χ1v) is 4.14. The van der Waals surface area contributed by atoms with Crippen LogP contribution in [-0.2, 0) is 4.74 Å². The molecule has 0 aliphatic rings. The van der Waals surface area contributed by atoms with Crippen molar-refractivity contribution in [3.05, 3.63) is 29.6 Å². The number of halogens is 1. The molecule has 0 aliphatic carbocycles. The minimum Gasteiger partial charge on any atom is -0.491 e. The van der Waals surface area contributed by atoms with E-state index in [0.29, 0.717) is 25.2 Å². The third-order valence-corrected chi connectivity index (χ3v) is 1.66. The Kier molecular flexibility index (Phi) is 4.07. The van der Waals surface area contributed by atoms with Crippen LogP contribution in [0, 0.1) is 5.82 Å². The molecule has 0 radical (unpaired) electrons. The molecule has 0 aromatic heterocycles. The number of rotatable bonds is 5. The van der Waals surface area contributed by atoms with Crippen LogP contribution in [0.1, 0.15) is 10.4 Å². The van der Waals surface area contributed by atoms with Crippen LogP contribution in [-0.4, -0.2) is 26.6 Å². The van der Waals surface area contributed by atoms with Crippen LogP contribution in [0.15, 0.2) is 18.2 Å². The van der Waals surface area contributed by atoms with Gasteiger partial charge in [-0.3, -0.25) is 4.79 Å². The van der Waals surface area contributed by atoms with Gasteiger partial charge in [-0.25, -0.2) is 4.39 Å². The molecular weight excluding hydrogens is 187 g/mol. The van der Waals surface area contributed by atoms with Crippen molar-refractivity contribution in [2.45, 2.75) is 0 Å². The lowest BCUT2D eigenvalue weighted by molar-refractivity contribution is 0.111. The third kappa shape index (κ3) is 2.81. The molecule has 0 saturated carbocycles. The molecule has 0 bridgehead atoms. The summed E-state index contributed by atoms with van der Waals surface area (Å²) >= 11 is 0. The predicted molar refractivity (Wildman–Crippen MR) is 49.2 cm³/mol. The van der Waals surface area contributed by atoms with Crippen LogP contribution in [0.2, 0.25) is 0 Å². The molecule has 76 valence electrons. The quantitative estimate of drug-likeness (QED) is 0.533. The van der Waals surface area contributed by atoms with Crippen molar-refractivity contribution in [2.75, 3.05) is 20.3 Å². The van der Waals surface area contributed by atoms with E-state index in [1.807, 2.05) is 0 Å². The fourth-order valence-electron chi connectivity index (χ4n) is 0.936. The first-order chi connectivity index (χ1) is 6.77. The molecule has 0 saturated heterocycles. The van der Waals surface area contributed by atoms with Gasteiger partial charge in [0.1, 0.15) is 18.2 Å². The lowest BCUT2D eigenvalue weighted by atomic mass is 10.2. The predicted octanol–water partition coefficient (Wildman–Crippen LogP) is 1.66. The highest BCUT2D eigenvalue weighted by Gasteiger charge is 2.02. The van der Waals surface area contributed by atoms with Crippen LogP contribution in [0.4, 0.5) is 4.39 Å². The Bertz CT molecular complexity index is 312. The summed E-state index contributed by atoms with van der Waals surface area (Å²) in [5, 5.41) is 0. The Morgan fingerprint density at radius 2 is 2.21 bits per heavy atom. The van der Waals surface area contributed by atoms with Gasteiger partial charge >= 0.3 is 0 Å². The number of ether oxygens (including phenoxy) is 2. The molecule has 1 rings (SSSR count). The summed E-state index contributed by atoms with van der Waals surface area (Å²) in [7, 11) is 1.55. The van der Waals surface area contributed by atoms with Gasteiger partial charge in [0.25, 0.3) is 0 Å². The van der Waals surface area contributed by atoms with Crippen LogP contribution in [0.3, 0.4) is 0 Å². The summed E-state index contributed by atoms with van der Waals surface area (Å²) in [6.45, 7) is 0.799. The maximum atomic E-state index is 13.0. The molecule has 0 unspecified atom stereocenters. The number of hydrogen-bond acceptors (Lipinski definition) is 3. The van der Waals surface area contributed by atoms with E-state index in [-0.39, 0.29) is 5.56 Å². The van der Waals surface area contributed by atoms with Crippen molar-refractivity contribution in [3.63, 3.8) is 0 Å². The molecule has 0 heterocycles. The van der Waals surface area contributed by atoms with Gasteiger partial charge in [-0.2, -0.15) is 0 Å². The molecule has 0 amide bonds. The van der Waals surface area contributed by atoms with Gasteiger partial charge in [-0.1, -0.05) is 0 Å². The van der Waals surface area contributed by atoms with Gasteiger partial charge in [0.15, 0.2) is 6.29 Å². The van der Waals surface area contributed by atoms with Crippen molar-refractivity contribution >= 4 is 6.29 Å². The van der Waals surface area contributed by atoms with E-state index in [4.69, 9.17) is 9.47 Å². The maximum Gasteiger partial charge on any atom is 0.152 e. The summed E-state index contributed by atoms with van der Waals surface area (Å²) in [5.74, 6) is -0.180. The zero-order chi connectivity index (χ0) is 10.4. The molecule has 14 heavy (non-hydrogen) atoms. The largest absolute Gasteiger partial charge is 0.491 e. The monoisotopic (exact) mass is 198 g/mol. The molecule has 4 heteroatoms. The SMILES string of the molecule is COCCOc1ccc(C=O)c(F)c1. The average Bonchev–Trinajstić information content (AvgIpc) is 2.18. The van der Waals surface area contributed by atoms with Crippen molar-refractivity contribution in [1.29, 1.82) is 0 Å². The summed E-state index contributed by atoms with van der Waals surface area (Å²) < 4.78 is 22.9. The van der Waals surface area contributed by atoms with Crippen molar-refractivity contribution in [3.8, 4) is 5.75 Å². The van der Waals surface area contributed by atoms with Gasteiger partial charge < -0.3 is 9.47 Å². The van der Waals surface area contributed by atoms with Gasteiger partial charge in [-0.15, -0.1) is 0 Å². The number of aldehydes is 1. The van der Waals surface area contributed by atoms with Crippen molar-refractivity contribution < 1.29 is 18.7 Å². The Balaban J connectivity index is 2.62. The minimum absolute atomic E-state index is 0.0316. The lowest BCUT2D eigenvalue weighted by Gasteiger charge is -2.05. The van der Waals surface area contributed by atoms with Crippen LogP contribution < -0.4 is 4.74 Å². The first-order valence-electron chi connectivity index (χ1n) is 4.14. The van der Waals surface area contributed by atoms with E-state index in [9.17, 15) is 9.18 Å². The number of carbonyl (C=O) groups excluding carboxylic acids is 1. The van der Waals surface area contributed by atoms with Gasteiger partial charge in [0.2, 0.25) is 0 Å². The number of benzene rings is 1. The van der Waals surface area contributed by atoms with Crippen molar-refractivity contribution in [1.82, 2.24) is 0 Å². The molecule has 0 spiro atoms. The van der Waals surface area contributed by atoms with Crippen LogP contribution in [0.25, 0.3) is 0 Å². The zero-order valence-corrected chi connectivity index (χ0v) is 7.83. The van der Waals surface area contributed by atoms with Gasteiger partial charge in [0.05, 0.1) is 12.2 Å². The second-order valence-corrected chi connectivity index (χ2v) is 2.64. The van der Waals surface area contributed by atoms with E-state index in [1.165, 1.54) is 12.1 Å². The van der Waals surface area contributed by atoms with E-state index in [2.05, 4.69) is 0 Å². The number of carbonyl (C=O) groups is 1. The van der Waals surface area contributed by atoms with Crippen molar-refractivity contribution in [2.24, 2.45) is 0 Å². The van der Waals surface area contributed by atoms with E-state index in [0.717, 1.165) is 0 Å². The summed E-state index contributed by atoms with van der Waals surface area (Å²) in [6, 6.07) is 4.10. The molecule has 1 aromatic carbocycles. The lowest BCUT2D eigenvalue weighted by Crippen LogP contribution is -2.04. The van der Waals surface area contributed by atoms with E-state index < -0.39 is 5.82 Å². The first kappa shape index (κ1) is 10.7. The topological polar surface area (TPSA) is 35.5 Å². The number of hydrogen-bond donors (Lipinski definition) is 0. The molecule has 3 nitrogen and oxygen atoms in total. The van der Waals surface area contributed by atoms with E-state index in [1.54, 1.807) is 13.2 Å². The summed E-state index contributed by atoms with van der Waals surface area (Å²) in [4.78, 5) is 10.3. The fourth-order valence-corrected chi connectivity index (χ4v) is 0.936. The molecule has 1 aromatic rings.